The highest BCUT2D eigenvalue weighted by atomic mass is 79.9. The number of carbonyl (C=O) groups is 4. The maximum absolute atomic E-state index is 13.6. The number of esters is 1. The third-order valence-electron chi connectivity index (χ3n) is 7.07. The SMILES string of the molecule is C=C[C@@H]1C[C@]1(NC(=O)[C@@H]1C[C@@H](Oc2cc(C(=O)CBr)nc3cc(OC)ccc23)CN1C(=O)OC(C)(C)C)C(=O)OC. The van der Waals surface area contributed by atoms with E-state index in [2.05, 4.69) is 32.8 Å². The Labute approximate surface area is 246 Å². The van der Waals surface area contributed by atoms with Crippen molar-refractivity contribution in [2.45, 2.75) is 56.9 Å². The predicted molar refractivity (Wildman–Crippen MR) is 153 cm³/mol. The summed E-state index contributed by atoms with van der Waals surface area (Å²) in [6.45, 7) is 8.97. The molecule has 1 aromatic heterocycles. The summed E-state index contributed by atoms with van der Waals surface area (Å²) in [5, 5.41) is 3.50. The average molecular weight is 633 g/mol. The molecule has 2 heterocycles. The largest absolute Gasteiger partial charge is 0.497 e. The number of alkyl halides is 1. The lowest BCUT2D eigenvalue weighted by atomic mass is 10.1. The van der Waals surface area contributed by atoms with Crippen molar-refractivity contribution >= 4 is 50.6 Å². The van der Waals surface area contributed by atoms with Crippen molar-refractivity contribution in [2.24, 2.45) is 5.92 Å². The van der Waals surface area contributed by atoms with Crippen LogP contribution in [0.5, 0.6) is 11.5 Å². The summed E-state index contributed by atoms with van der Waals surface area (Å²) in [4.78, 5) is 57.6. The number of benzene rings is 1. The molecule has 4 atom stereocenters. The predicted octanol–water partition coefficient (Wildman–Crippen LogP) is 3.81. The zero-order chi connectivity index (χ0) is 30.1. The molecule has 1 N–H and O–H groups in total. The number of ether oxygens (including phenoxy) is 4. The van der Waals surface area contributed by atoms with Gasteiger partial charge in [0, 0.05) is 29.9 Å². The molecule has 1 saturated carbocycles. The minimum atomic E-state index is -1.22. The Bertz CT molecular complexity index is 1390. The summed E-state index contributed by atoms with van der Waals surface area (Å²) in [5.74, 6) is -0.701. The number of fused-ring (bicyclic) bond motifs is 1. The Morgan fingerprint density at radius 3 is 2.54 bits per heavy atom. The van der Waals surface area contributed by atoms with Gasteiger partial charge in [-0.3, -0.25) is 14.5 Å². The minimum absolute atomic E-state index is 0.0325. The molecule has 1 aliphatic carbocycles. The summed E-state index contributed by atoms with van der Waals surface area (Å²) in [6.07, 6.45) is 0.736. The number of halogens is 1. The van der Waals surface area contributed by atoms with Gasteiger partial charge in [0.1, 0.15) is 40.5 Å². The fourth-order valence-electron chi connectivity index (χ4n) is 4.93. The second-order valence-electron chi connectivity index (χ2n) is 11.1. The van der Waals surface area contributed by atoms with Crippen molar-refractivity contribution in [1.82, 2.24) is 15.2 Å². The van der Waals surface area contributed by atoms with Crippen molar-refractivity contribution in [3.05, 3.63) is 42.6 Å². The molecule has 2 amide bonds. The molecule has 0 spiro atoms. The molecule has 1 aliphatic heterocycles. The molecule has 4 rings (SSSR count). The number of Topliss-reactive ketones (excluding diaryl/α,β-unsaturated/α-hetero) is 1. The number of ketones is 1. The number of rotatable bonds is 9. The summed E-state index contributed by atoms with van der Waals surface area (Å²) in [5.41, 5.74) is -1.35. The van der Waals surface area contributed by atoms with E-state index in [1.807, 2.05) is 0 Å². The average Bonchev–Trinajstić information content (AvgIpc) is 3.48. The van der Waals surface area contributed by atoms with Gasteiger partial charge >= 0.3 is 12.1 Å². The smallest absolute Gasteiger partial charge is 0.411 e. The Morgan fingerprint density at radius 2 is 1.95 bits per heavy atom. The van der Waals surface area contributed by atoms with Gasteiger partial charge in [-0.25, -0.2) is 14.6 Å². The number of hydrogen-bond acceptors (Lipinski definition) is 9. The van der Waals surface area contributed by atoms with Gasteiger partial charge in [0.2, 0.25) is 5.91 Å². The first kappa shape index (κ1) is 30.3. The first-order valence-electron chi connectivity index (χ1n) is 13.1. The van der Waals surface area contributed by atoms with Crippen molar-refractivity contribution in [1.29, 1.82) is 0 Å². The van der Waals surface area contributed by atoms with E-state index in [0.29, 0.717) is 28.8 Å². The lowest BCUT2D eigenvalue weighted by Crippen LogP contribution is -2.53. The van der Waals surface area contributed by atoms with Gasteiger partial charge in [-0.1, -0.05) is 22.0 Å². The van der Waals surface area contributed by atoms with E-state index in [1.165, 1.54) is 19.1 Å². The molecule has 220 valence electrons. The molecule has 0 bridgehead atoms. The second-order valence-corrected chi connectivity index (χ2v) is 11.6. The maximum Gasteiger partial charge on any atom is 0.411 e. The molecule has 1 aromatic carbocycles. The number of likely N-dealkylation sites (tertiary alicyclic amines) is 1. The summed E-state index contributed by atoms with van der Waals surface area (Å²) in [7, 11) is 2.79. The van der Waals surface area contributed by atoms with Gasteiger partial charge in [0.05, 0.1) is 31.6 Å². The first-order valence-corrected chi connectivity index (χ1v) is 14.2. The standard InChI is InChI=1S/C29H34BrN3O8/c1-7-16-13-29(16,26(36)39-6)32-25(35)22-11-18(15-33(22)27(37)41-28(2,3)4)40-24-12-21(23(34)14-30)31-20-10-17(38-5)8-9-19(20)24/h7-10,12,16,18,22H,1,11,13-15H2,2-6H3,(H,32,35)/t16-,18-,22+,29-/m1/s1. The van der Waals surface area contributed by atoms with Crippen molar-refractivity contribution in [3.63, 3.8) is 0 Å². The lowest BCUT2D eigenvalue weighted by molar-refractivity contribution is -0.147. The van der Waals surface area contributed by atoms with E-state index >= 15 is 0 Å². The monoisotopic (exact) mass is 631 g/mol. The fraction of sp³-hybridized carbons (Fsp3) is 0.483. The van der Waals surface area contributed by atoms with Crippen LogP contribution in [0, 0.1) is 5.92 Å². The molecule has 0 radical (unpaired) electrons. The summed E-state index contributed by atoms with van der Waals surface area (Å²) in [6, 6.07) is 5.78. The number of aromatic nitrogens is 1. The molecular weight excluding hydrogens is 598 g/mol. The molecule has 41 heavy (non-hydrogen) atoms. The molecular formula is C29H34BrN3O8. The number of nitrogens with zero attached hydrogens (tertiary/aromatic N) is 2. The molecule has 2 aliphatic rings. The molecule has 2 fully saturated rings. The van der Waals surface area contributed by atoms with Crippen LogP contribution in [0.4, 0.5) is 4.79 Å². The molecule has 0 unspecified atom stereocenters. The van der Waals surface area contributed by atoms with Crippen LogP contribution in [-0.4, -0.2) is 83.0 Å². The van der Waals surface area contributed by atoms with E-state index < -0.39 is 41.3 Å². The number of pyridine rings is 1. The van der Waals surface area contributed by atoms with E-state index in [9.17, 15) is 19.2 Å². The van der Waals surface area contributed by atoms with Gasteiger partial charge in [0.25, 0.3) is 0 Å². The van der Waals surface area contributed by atoms with E-state index in [-0.39, 0.29) is 35.7 Å². The number of carbonyl (C=O) groups excluding carboxylic acids is 4. The molecule has 12 heteroatoms. The third kappa shape index (κ3) is 6.32. The van der Waals surface area contributed by atoms with Crippen LogP contribution in [0.3, 0.4) is 0 Å². The summed E-state index contributed by atoms with van der Waals surface area (Å²) >= 11 is 3.18. The van der Waals surface area contributed by atoms with Gasteiger partial charge in [-0.15, -0.1) is 6.58 Å². The normalized spacial score (nSPS) is 23.5. The number of amides is 2. The van der Waals surface area contributed by atoms with E-state index in [1.54, 1.807) is 51.1 Å². The maximum atomic E-state index is 13.6. The van der Waals surface area contributed by atoms with Crippen LogP contribution in [0.25, 0.3) is 10.9 Å². The topological polar surface area (TPSA) is 133 Å². The third-order valence-corrected chi connectivity index (χ3v) is 7.58. The van der Waals surface area contributed by atoms with Gasteiger partial charge in [0.15, 0.2) is 5.78 Å². The van der Waals surface area contributed by atoms with Crippen LogP contribution in [0.1, 0.15) is 44.1 Å². The zero-order valence-corrected chi connectivity index (χ0v) is 25.3. The first-order chi connectivity index (χ1) is 19.3. The Morgan fingerprint density at radius 1 is 1.22 bits per heavy atom. The van der Waals surface area contributed by atoms with Gasteiger partial charge < -0.3 is 24.3 Å². The zero-order valence-electron chi connectivity index (χ0n) is 23.7. The van der Waals surface area contributed by atoms with Crippen LogP contribution in [0.2, 0.25) is 0 Å². The number of nitrogens with one attached hydrogen (secondary N) is 1. The molecule has 2 aromatic rings. The lowest BCUT2D eigenvalue weighted by Gasteiger charge is -2.28. The summed E-state index contributed by atoms with van der Waals surface area (Å²) < 4.78 is 22.2. The van der Waals surface area contributed by atoms with E-state index in [4.69, 9.17) is 18.9 Å². The van der Waals surface area contributed by atoms with E-state index in [0.717, 1.165) is 0 Å². The highest BCUT2D eigenvalue weighted by molar-refractivity contribution is 9.09. The van der Waals surface area contributed by atoms with Crippen molar-refractivity contribution in [3.8, 4) is 11.5 Å². The highest BCUT2D eigenvalue weighted by Gasteiger charge is 2.62. The quantitative estimate of drug-likeness (QED) is 0.190. The minimum Gasteiger partial charge on any atom is -0.497 e. The van der Waals surface area contributed by atoms with Crippen LogP contribution in [-0.2, 0) is 19.1 Å². The number of methoxy groups -OCH3 is 2. The van der Waals surface area contributed by atoms with Crippen LogP contribution < -0.4 is 14.8 Å². The molecule has 11 nitrogen and oxygen atoms in total. The highest BCUT2D eigenvalue weighted by Crippen LogP contribution is 2.45. The van der Waals surface area contributed by atoms with Gasteiger partial charge in [-0.2, -0.15) is 0 Å². The van der Waals surface area contributed by atoms with Crippen molar-refractivity contribution in [2.75, 3.05) is 26.1 Å². The Hall–Kier alpha value is -3.67. The Balaban J connectivity index is 1.65. The molecule has 1 saturated heterocycles. The van der Waals surface area contributed by atoms with Gasteiger partial charge in [-0.05, 0) is 39.3 Å². The van der Waals surface area contributed by atoms with Crippen molar-refractivity contribution < 1.29 is 38.1 Å². The van der Waals surface area contributed by atoms with Crippen LogP contribution >= 0.6 is 15.9 Å². The Kier molecular flexibility index (Phi) is 8.62. The number of hydrogen-bond donors (Lipinski definition) is 1. The van der Waals surface area contributed by atoms with Crippen LogP contribution in [0.15, 0.2) is 36.9 Å². The fourth-order valence-corrected chi connectivity index (χ4v) is 5.22. The second kappa shape index (κ2) is 11.7.